The number of fused-ring (bicyclic) bond motifs is 3. The van der Waals surface area contributed by atoms with Crippen molar-refractivity contribution in [3.63, 3.8) is 0 Å². The molecule has 3 heterocycles. The van der Waals surface area contributed by atoms with Gasteiger partial charge in [-0.05, 0) is 36.4 Å². The van der Waals surface area contributed by atoms with Crippen LogP contribution in [-0.4, -0.2) is 47.5 Å². The SMILES string of the molecule is CC[C@H](N)COc1cncc(-c2cc3c(cnc4cc(OCCCC(F)(F)F)c(OC)cc43)c(N)n2)c1. The van der Waals surface area contributed by atoms with Crippen LogP contribution in [0, 0.1) is 0 Å². The minimum absolute atomic E-state index is 0.0783. The first-order valence-electron chi connectivity index (χ1n) is 11.8. The number of anilines is 1. The summed E-state index contributed by atoms with van der Waals surface area (Å²) in [5, 5.41) is 2.14. The number of nitrogen functional groups attached to an aromatic ring is 1. The fourth-order valence-electron chi connectivity index (χ4n) is 3.77. The van der Waals surface area contributed by atoms with Crippen molar-refractivity contribution in [2.75, 3.05) is 26.1 Å². The molecule has 0 aliphatic rings. The molecule has 4 rings (SSSR count). The van der Waals surface area contributed by atoms with Gasteiger partial charge in [-0.3, -0.25) is 9.97 Å². The van der Waals surface area contributed by atoms with E-state index in [-0.39, 0.29) is 24.9 Å². The lowest BCUT2D eigenvalue weighted by Crippen LogP contribution is -2.26. The van der Waals surface area contributed by atoms with Crippen LogP contribution in [0.2, 0.25) is 0 Å². The van der Waals surface area contributed by atoms with E-state index in [4.69, 9.17) is 25.7 Å². The van der Waals surface area contributed by atoms with Crippen LogP contribution in [0.25, 0.3) is 32.9 Å². The van der Waals surface area contributed by atoms with Gasteiger partial charge < -0.3 is 25.7 Å². The largest absolute Gasteiger partial charge is 0.493 e. The van der Waals surface area contributed by atoms with E-state index in [9.17, 15) is 13.2 Å². The number of aromatic nitrogens is 3. The van der Waals surface area contributed by atoms with E-state index in [1.807, 2.05) is 19.1 Å². The minimum Gasteiger partial charge on any atom is -0.493 e. The molecule has 0 amide bonds. The Hall–Kier alpha value is -3.86. The number of alkyl halides is 3. The van der Waals surface area contributed by atoms with Crippen molar-refractivity contribution in [3.8, 4) is 28.5 Å². The summed E-state index contributed by atoms with van der Waals surface area (Å²) in [5.74, 6) is 1.53. The van der Waals surface area contributed by atoms with Gasteiger partial charge in [0.2, 0.25) is 0 Å². The van der Waals surface area contributed by atoms with Gasteiger partial charge in [0.25, 0.3) is 0 Å². The van der Waals surface area contributed by atoms with E-state index < -0.39 is 12.6 Å². The molecule has 0 bridgehead atoms. The Kier molecular flexibility index (Phi) is 7.82. The van der Waals surface area contributed by atoms with Crippen molar-refractivity contribution in [2.45, 2.75) is 38.4 Å². The minimum atomic E-state index is -4.23. The van der Waals surface area contributed by atoms with Gasteiger partial charge in [-0.2, -0.15) is 13.2 Å². The Labute approximate surface area is 211 Å². The molecule has 196 valence electrons. The highest BCUT2D eigenvalue weighted by molar-refractivity contribution is 6.10. The van der Waals surface area contributed by atoms with Crippen LogP contribution >= 0.6 is 0 Å². The molecule has 3 aromatic heterocycles. The molecule has 8 nitrogen and oxygen atoms in total. The first-order valence-corrected chi connectivity index (χ1v) is 11.8. The molecule has 4 aromatic rings. The topological polar surface area (TPSA) is 118 Å². The molecular weight excluding hydrogens is 487 g/mol. The van der Waals surface area contributed by atoms with Crippen LogP contribution in [0.3, 0.4) is 0 Å². The number of pyridine rings is 3. The highest BCUT2D eigenvalue weighted by Crippen LogP contribution is 2.37. The Morgan fingerprint density at radius 3 is 2.51 bits per heavy atom. The second-order valence-electron chi connectivity index (χ2n) is 8.59. The molecule has 1 atom stereocenters. The molecule has 0 aliphatic carbocycles. The highest BCUT2D eigenvalue weighted by atomic mass is 19.4. The molecule has 37 heavy (non-hydrogen) atoms. The Balaban J connectivity index is 1.69. The molecule has 11 heteroatoms. The Bertz CT molecular complexity index is 1400. The van der Waals surface area contributed by atoms with E-state index in [0.717, 1.165) is 17.2 Å². The first-order chi connectivity index (χ1) is 17.7. The molecule has 1 aromatic carbocycles. The highest BCUT2D eigenvalue weighted by Gasteiger charge is 2.26. The number of hydrogen-bond acceptors (Lipinski definition) is 8. The third-order valence-electron chi connectivity index (χ3n) is 5.85. The maximum absolute atomic E-state index is 12.5. The fraction of sp³-hybridized carbons (Fsp3) is 0.346. The van der Waals surface area contributed by atoms with E-state index >= 15 is 0 Å². The predicted octanol–water partition coefficient (Wildman–Crippen LogP) is 5.27. The lowest BCUT2D eigenvalue weighted by Gasteiger charge is -2.14. The molecule has 0 aliphatic heterocycles. The van der Waals surface area contributed by atoms with Crippen LogP contribution in [0.1, 0.15) is 26.2 Å². The maximum atomic E-state index is 12.5. The summed E-state index contributed by atoms with van der Waals surface area (Å²) in [6.45, 7) is 2.25. The van der Waals surface area contributed by atoms with Crippen LogP contribution < -0.4 is 25.7 Å². The summed E-state index contributed by atoms with van der Waals surface area (Å²) < 4.78 is 54.2. The van der Waals surface area contributed by atoms with Crippen LogP contribution in [0.5, 0.6) is 17.2 Å². The van der Waals surface area contributed by atoms with Gasteiger partial charge in [-0.1, -0.05) is 6.92 Å². The molecule has 0 unspecified atom stereocenters. The Morgan fingerprint density at radius 1 is 0.973 bits per heavy atom. The van der Waals surface area contributed by atoms with Crippen molar-refractivity contribution >= 4 is 27.5 Å². The molecule has 4 N–H and O–H groups in total. The molecule has 0 saturated carbocycles. The second-order valence-corrected chi connectivity index (χ2v) is 8.59. The van der Waals surface area contributed by atoms with Crippen molar-refractivity contribution in [3.05, 3.63) is 42.9 Å². The standard InChI is InChI=1S/C26H28F3N5O3/c1-3-16(30)14-37-17-7-15(11-32-12-17)21-8-18-19-9-23(35-2)24(36-6-4-5-26(27,28)29)10-22(19)33-13-20(18)25(31)34-21/h7-13,16H,3-6,14,30H2,1-2H3,(H2,31,34)/t16-/m0/s1. The number of methoxy groups -OCH3 is 1. The van der Waals surface area contributed by atoms with Gasteiger partial charge in [-0.15, -0.1) is 0 Å². The molecule has 0 fully saturated rings. The van der Waals surface area contributed by atoms with E-state index in [2.05, 4.69) is 15.0 Å². The van der Waals surface area contributed by atoms with Gasteiger partial charge in [0.15, 0.2) is 11.5 Å². The molecular formula is C26H28F3N5O3. The normalized spacial score (nSPS) is 12.6. The zero-order chi connectivity index (χ0) is 26.6. The number of nitrogens with zero attached hydrogens (tertiary/aromatic N) is 3. The zero-order valence-corrected chi connectivity index (χ0v) is 20.5. The maximum Gasteiger partial charge on any atom is 0.389 e. The number of nitrogens with two attached hydrogens (primary N) is 2. The van der Waals surface area contributed by atoms with Gasteiger partial charge in [0.1, 0.15) is 18.2 Å². The monoisotopic (exact) mass is 515 g/mol. The number of benzene rings is 1. The number of halogens is 3. The van der Waals surface area contributed by atoms with E-state index in [1.54, 1.807) is 30.7 Å². The smallest absolute Gasteiger partial charge is 0.389 e. The average molecular weight is 516 g/mol. The van der Waals surface area contributed by atoms with Crippen LogP contribution in [0.15, 0.2) is 42.9 Å². The third-order valence-corrected chi connectivity index (χ3v) is 5.85. The summed E-state index contributed by atoms with van der Waals surface area (Å²) in [6.07, 6.45) is 0.352. The van der Waals surface area contributed by atoms with Crippen molar-refractivity contribution in [1.82, 2.24) is 15.0 Å². The summed E-state index contributed by atoms with van der Waals surface area (Å²) in [5.41, 5.74) is 14.1. The number of ether oxygens (including phenoxy) is 3. The first kappa shape index (κ1) is 26.2. The van der Waals surface area contributed by atoms with Crippen molar-refractivity contribution in [2.24, 2.45) is 5.73 Å². The van der Waals surface area contributed by atoms with E-state index in [1.165, 1.54) is 7.11 Å². The van der Waals surface area contributed by atoms with Gasteiger partial charge >= 0.3 is 6.18 Å². The predicted molar refractivity (Wildman–Crippen MR) is 136 cm³/mol. The quantitative estimate of drug-likeness (QED) is 0.217. The summed E-state index contributed by atoms with van der Waals surface area (Å²) in [6, 6.07) is 6.99. The second kappa shape index (κ2) is 11.0. The van der Waals surface area contributed by atoms with Crippen molar-refractivity contribution < 1.29 is 27.4 Å². The van der Waals surface area contributed by atoms with Crippen LogP contribution in [-0.2, 0) is 0 Å². The summed E-state index contributed by atoms with van der Waals surface area (Å²) in [7, 11) is 1.46. The molecule has 0 spiro atoms. The summed E-state index contributed by atoms with van der Waals surface area (Å²) in [4.78, 5) is 13.3. The number of rotatable bonds is 10. The fourth-order valence-corrected chi connectivity index (χ4v) is 3.77. The lowest BCUT2D eigenvalue weighted by atomic mass is 10.0. The van der Waals surface area contributed by atoms with E-state index in [0.29, 0.717) is 46.0 Å². The Morgan fingerprint density at radius 2 is 1.78 bits per heavy atom. The summed E-state index contributed by atoms with van der Waals surface area (Å²) >= 11 is 0. The van der Waals surface area contributed by atoms with Gasteiger partial charge in [0, 0.05) is 47.3 Å². The third kappa shape index (κ3) is 6.29. The lowest BCUT2D eigenvalue weighted by molar-refractivity contribution is -0.136. The number of hydrogen-bond donors (Lipinski definition) is 2. The zero-order valence-electron chi connectivity index (χ0n) is 20.5. The van der Waals surface area contributed by atoms with Gasteiger partial charge in [0.05, 0.1) is 31.1 Å². The van der Waals surface area contributed by atoms with Crippen molar-refractivity contribution in [1.29, 1.82) is 0 Å². The van der Waals surface area contributed by atoms with Crippen LogP contribution in [0.4, 0.5) is 19.0 Å². The van der Waals surface area contributed by atoms with Gasteiger partial charge in [-0.25, -0.2) is 4.98 Å². The average Bonchev–Trinajstić information content (AvgIpc) is 2.88. The molecule has 0 saturated heterocycles. The molecule has 0 radical (unpaired) electrons.